The first-order valence-electron chi connectivity index (χ1n) is 3.83. The lowest BCUT2D eigenvalue weighted by Gasteiger charge is -1.97. The van der Waals surface area contributed by atoms with Crippen molar-refractivity contribution in [2.24, 2.45) is 0 Å². The first kappa shape index (κ1) is 8.83. The molecule has 1 aromatic heterocycles. The highest BCUT2D eigenvalue weighted by atomic mass is 32.1. The van der Waals surface area contributed by atoms with Crippen molar-refractivity contribution in [3.8, 4) is 5.75 Å². The molecule has 0 aliphatic carbocycles. The molecule has 1 aromatic carbocycles. The van der Waals surface area contributed by atoms with Gasteiger partial charge in [0.1, 0.15) is 5.75 Å². The average molecular weight is 209 g/mol. The zero-order chi connectivity index (χ0) is 10.3. The number of fused-ring (bicyclic) bond motifs is 1. The summed E-state index contributed by atoms with van der Waals surface area (Å²) in [6, 6.07) is 4.36. The molecule has 1 heterocycles. The van der Waals surface area contributed by atoms with E-state index in [0.717, 1.165) is 0 Å². The molecule has 2 rings (SSSR count). The van der Waals surface area contributed by atoms with Crippen LogP contribution in [0.2, 0.25) is 0 Å². The minimum Gasteiger partial charge on any atom is -0.506 e. The second-order valence-corrected chi connectivity index (χ2v) is 3.95. The Hall–Kier alpha value is -1.75. The lowest BCUT2D eigenvalue weighted by Crippen LogP contribution is -1.94. The number of rotatable bonds is 1. The summed E-state index contributed by atoms with van der Waals surface area (Å²) in [5, 5.41) is 19.5. The summed E-state index contributed by atoms with van der Waals surface area (Å²) in [5.74, 6) is -1.10. The van der Waals surface area contributed by atoms with Gasteiger partial charge in [0.05, 0.1) is 15.3 Å². The molecule has 0 saturated carbocycles. The molecule has 0 aliphatic rings. The highest BCUT2D eigenvalue weighted by Gasteiger charge is 2.10. The summed E-state index contributed by atoms with van der Waals surface area (Å²) in [6.45, 7) is 0. The third-order valence-corrected chi connectivity index (χ3v) is 2.87. The second kappa shape index (κ2) is 2.88. The van der Waals surface area contributed by atoms with Crippen molar-refractivity contribution in [2.75, 3.05) is 5.73 Å². The molecule has 0 unspecified atom stereocenters. The fraction of sp³-hybridized carbons (Fsp3) is 0. The Morgan fingerprint density at radius 1 is 1.36 bits per heavy atom. The maximum Gasteiger partial charge on any atom is 0.335 e. The monoisotopic (exact) mass is 209 g/mol. The Balaban J connectivity index is 2.77. The number of nitrogen functional groups attached to an aromatic ring is 1. The Kier molecular flexibility index (Phi) is 1.82. The van der Waals surface area contributed by atoms with Gasteiger partial charge < -0.3 is 15.9 Å². The summed E-state index contributed by atoms with van der Waals surface area (Å²) < 4.78 is 0.618. The molecule has 72 valence electrons. The molecule has 2 aromatic rings. The molecule has 0 atom stereocenters. The van der Waals surface area contributed by atoms with Crippen LogP contribution in [0.3, 0.4) is 0 Å². The lowest BCUT2D eigenvalue weighted by molar-refractivity contribution is 0.0696. The number of carboxylic acid groups (broad SMARTS) is 1. The van der Waals surface area contributed by atoms with Crippen molar-refractivity contribution in [2.45, 2.75) is 0 Å². The van der Waals surface area contributed by atoms with Gasteiger partial charge in [-0.2, -0.15) is 0 Å². The van der Waals surface area contributed by atoms with Gasteiger partial charge >= 0.3 is 5.97 Å². The minimum absolute atomic E-state index is 0.0402. The largest absolute Gasteiger partial charge is 0.506 e. The Bertz CT molecular complexity index is 518. The second-order valence-electron chi connectivity index (χ2n) is 2.87. The number of aromatic hydroxyl groups is 1. The van der Waals surface area contributed by atoms with Crippen LogP contribution in [0, 0.1) is 0 Å². The van der Waals surface area contributed by atoms with Crippen LogP contribution < -0.4 is 5.73 Å². The predicted molar refractivity (Wildman–Crippen MR) is 54.9 cm³/mol. The molecule has 14 heavy (non-hydrogen) atoms. The van der Waals surface area contributed by atoms with E-state index in [-0.39, 0.29) is 11.3 Å². The van der Waals surface area contributed by atoms with E-state index < -0.39 is 5.97 Å². The van der Waals surface area contributed by atoms with Gasteiger partial charge in [0.15, 0.2) is 0 Å². The van der Waals surface area contributed by atoms with E-state index >= 15 is 0 Å². The maximum absolute atomic E-state index is 10.7. The third-order valence-electron chi connectivity index (χ3n) is 1.86. The summed E-state index contributed by atoms with van der Waals surface area (Å²) in [4.78, 5) is 10.7. The van der Waals surface area contributed by atoms with E-state index in [0.29, 0.717) is 15.1 Å². The first-order chi connectivity index (χ1) is 6.58. The molecule has 4 nitrogen and oxygen atoms in total. The third kappa shape index (κ3) is 1.27. The molecule has 0 spiro atoms. The van der Waals surface area contributed by atoms with E-state index in [2.05, 4.69) is 0 Å². The quantitative estimate of drug-likeness (QED) is 0.669. The first-order valence-corrected chi connectivity index (χ1v) is 4.65. The molecular formula is C9H7NO3S. The average Bonchev–Trinajstić information content (AvgIpc) is 2.45. The fourth-order valence-corrected chi connectivity index (χ4v) is 2.10. The van der Waals surface area contributed by atoms with Crippen LogP contribution in [0.25, 0.3) is 10.1 Å². The summed E-state index contributed by atoms with van der Waals surface area (Å²) in [6.07, 6.45) is 0. The van der Waals surface area contributed by atoms with Crippen LogP contribution in [-0.4, -0.2) is 16.2 Å². The highest BCUT2D eigenvalue weighted by Crippen LogP contribution is 2.35. The standard InChI is InChI=1S/C9H7NO3S/c10-7-3-4-1-5(9(12)13)2-6(11)8(4)14-7/h1-3,11H,10H2,(H,12,13). The Morgan fingerprint density at radius 3 is 2.71 bits per heavy atom. The smallest absolute Gasteiger partial charge is 0.335 e. The molecule has 0 saturated heterocycles. The molecule has 0 fully saturated rings. The van der Waals surface area contributed by atoms with Crippen LogP contribution in [0.5, 0.6) is 5.75 Å². The maximum atomic E-state index is 10.7. The number of carboxylic acids is 1. The summed E-state index contributed by atoms with van der Waals surface area (Å²) in [5.41, 5.74) is 5.61. The number of benzene rings is 1. The highest BCUT2D eigenvalue weighted by molar-refractivity contribution is 7.23. The van der Waals surface area contributed by atoms with Crippen molar-refractivity contribution in [1.82, 2.24) is 0 Å². The molecule has 0 radical (unpaired) electrons. The zero-order valence-corrected chi connectivity index (χ0v) is 7.84. The number of phenols is 1. The van der Waals surface area contributed by atoms with Gasteiger partial charge in [-0.3, -0.25) is 0 Å². The number of nitrogens with two attached hydrogens (primary N) is 1. The molecule has 0 aliphatic heterocycles. The number of thiophene rings is 1. The normalized spacial score (nSPS) is 10.6. The van der Waals surface area contributed by atoms with Crippen LogP contribution in [0.4, 0.5) is 5.00 Å². The van der Waals surface area contributed by atoms with Crippen molar-refractivity contribution in [3.63, 3.8) is 0 Å². The van der Waals surface area contributed by atoms with E-state index in [1.165, 1.54) is 23.5 Å². The van der Waals surface area contributed by atoms with Gasteiger partial charge in [0.2, 0.25) is 0 Å². The zero-order valence-electron chi connectivity index (χ0n) is 7.02. The van der Waals surface area contributed by atoms with Crippen LogP contribution in [-0.2, 0) is 0 Å². The van der Waals surface area contributed by atoms with Crippen LogP contribution >= 0.6 is 11.3 Å². The number of anilines is 1. The number of hydrogen-bond donors (Lipinski definition) is 3. The number of hydrogen-bond acceptors (Lipinski definition) is 4. The van der Waals surface area contributed by atoms with Crippen molar-refractivity contribution in [1.29, 1.82) is 0 Å². The van der Waals surface area contributed by atoms with Crippen LogP contribution in [0.15, 0.2) is 18.2 Å². The molecule has 4 N–H and O–H groups in total. The molecular weight excluding hydrogens is 202 g/mol. The van der Waals surface area contributed by atoms with E-state index in [4.69, 9.17) is 10.8 Å². The Labute approximate surface area is 83.2 Å². The summed E-state index contributed by atoms with van der Waals surface area (Å²) in [7, 11) is 0. The number of aromatic carboxylic acids is 1. The van der Waals surface area contributed by atoms with E-state index in [1.54, 1.807) is 6.07 Å². The SMILES string of the molecule is Nc1cc2cc(C(=O)O)cc(O)c2s1. The van der Waals surface area contributed by atoms with Gasteiger partial charge in [-0.1, -0.05) is 0 Å². The van der Waals surface area contributed by atoms with Gasteiger partial charge in [-0.05, 0) is 23.6 Å². The van der Waals surface area contributed by atoms with Gasteiger partial charge in [0.25, 0.3) is 0 Å². The van der Waals surface area contributed by atoms with Gasteiger partial charge in [0, 0.05) is 0 Å². The number of phenolic OH excluding ortho intramolecular Hbond substituents is 1. The lowest BCUT2D eigenvalue weighted by atomic mass is 10.1. The van der Waals surface area contributed by atoms with Gasteiger partial charge in [-0.25, -0.2) is 4.79 Å². The topological polar surface area (TPSA) is 83.6 Å². The minimum atomic E-state index is -1.06. The van der Waals surface area contributed by atoms with E-state index in [9.17, 15) is 9.90 Å². The predicted octanol–water partition coefficient (Wildman–Crippen LogP) is 1.89. The fourth-order valence-electron chi connectivity index (χ4n) is 1.28. The van der Waals surface area contributed by atoms with Crippen molar-refractivity contribution >= 4 is 32.4 Å². The van der Waals surface area contributed by atoms with E-state index in [1.807, 2.05) is 0 Å². The van der Waals surface area contributed by atoms with Crippen molar-refractivity contribution < 1.29 is 15.0 Å². The molecule has 5 heteroatoms. The number of carbonyl (C=O) groups is 1. The van der Waals surface area contributed by atoms with Crippen LogP contribution in [0.1, 0.15) is 10.4 Å². The van der Waals surface area contributed by atoms with Gasteiger partial charge in [-0.15, -0.1) is 11.3 Å². The van der Waals surface area contributed by atoms with Crippen molar-refractivity contribution in [3.05, 3.63) is 23.8 Å². The molecule has 0 amide bonds. The molecule has 0 bridgehead atoms. The Morgan fingerprint density at radius 2 is 2.07 bits per heavy atom. The summed E-state index contributed by atoms with van der Waals surface area (Å²) >= 11 is 1.23.